The van der Waals surface area contributed by atoms with Crippen molar-refractivity contribution < 1.29 is 0 Å². The Morgan fingerprint density at radius 1 is 1.29 bits per heavy atom. The van der Waals surface area contributed by atoms with E-state index < -0.39 is 0 Å². The normalized spacial score (nSPS) is 10.7. The number of H-pyrrole nitrogens is 1. The first kappa shape index (κ1) is 13.2. The molecule has 0 atom stereocenters. The van der Waals surface area contributed by atoms with Crippen LogP contribution in [0.25, 0.3) is 5.95 Å². The Hall–Kier alpha value is -2.75. The summed E-state index contributed by atoms with van der Waals surface area (Å²) in [6.07, 6.45) is 4.85. The number of rotatable bonds is 3. The van der Waals surface area contributed by atoms with Gasteiger partial charge in [0.25, 0.3) is 5.56 Å². The van der Waals surface area contributed by atoms with Gasteiger partial charge >= 0.3 is 0 Å². The molecule has 0 amide bonds. The molecule has 0 radical (unpaired) electrons. The largest absolute Gasteiger partial charge is 0.368 e. The number of hydrogen-bond donors (Lipinski definition) is 2. The Labute approximate surface area is 122 Å². The number of aromatic nitrogens is 7. The lowest BCUT2D eigenvalue weighted by Crippen LogP contribution is -2.09. The third kappa shape index (κ3) is 3.05. The summed E-state index contributed by atoms with van der Waals surface area (Å²) in [7, 11) is 0. The Balaban J connectivity index is 1.97. The SMILES string of the molecule is Cc1cc(=O)[nH]c(Sc2nc(N)nc(-n3ccnc3)n2)n1. The molecule has 3 aromatic heterocycles. The van der Waals surface area contributed by atoms with Crippen LogP contribution in [-0.2, 0) is 0 Å². The van der Waals surface area contributed by atoms with Crippen LogP contribution in [0.5, 0.6) is 0 Å². The van der Waals surface area contributed by atoms with Gasteiger partial charge in [0.2, 0.25) is 17.1 Å². The highest BCUT2D eigenvalue weighted by molar-refractivity contribution is 7.99. The maximum absolute atomic E-state index is 11.4. The number of anilines is 1. The first-order chi connectivity index (χ1) is 10.1. The summed E-state index contributed by atoms with van der Waals surface area (Å²) in [6.45, 7) is 1.73. The number of aromatic amines is 1. The number of nitrogens with one attached hydrogen (secondary N) is 1. The average Bonchev–Trinajstić information content (AvgIpc) is 2.90. The van der Waals surface area contributed by atoms with Gasteiger partial charge in [0, 0.05) is 24.2 Å². The maximum Gasteiger partial charge on any atom is 0.251 e. The fourth-order valence-electron chi connectivity index (χ4n) is 1.59. The van der Waals surface area contributed by atoms with Crippen molar-refractivity contribution in [3.8, 4) is 5.95 Å². The van der Waals surface area contributed by atoms with Crippen molar-refractivity contribution in [2.24, 2.45) is 0 Å². The van der Waals surface area contributed by atoms with Gasteiger partial charge in [-0.15, -0.1) is 0 Å². The molecule has 0 saturated carbocycles. The molecule has 0 aliphatic rings. The zero-order valence-electron chi connectivity index (χ0n) is 10.9. The van der Waals surface area contributed by atoms with Gasteiger partial charge in [0.15, 0.2) is 5.16 Å². The van der Waals surface area contributed by atoms with Gasteiger partial charge in [-0.05, 0) is 18.7 Å². The molecule has 3 heterocycles. The standard InChI is InChI=1S/C11H10N8OS/c1-6-4-7(20)15-10(14-6)21-11-17-8(12)16-9(18-11)19-3-2-13-5-19/h2-5H,1H3,(H,14,15,20)(H2,12,16,17,18). The summed E-state index contributed by atoms with van der Waals surface area (Å²) in [5.41, 5.74) is 6.05. The molecule has 0 aliphatic carbocycles. The van der Waals surface area contributed by atoms with Gasteiger partial charge < -0.3 is 10.7 Å². The Morgan fingerprint density at radius 3 is 2.86 bits per heavy atom. The summed E-state index contributed by atoms with van der Waals surface area (Å²) in [5, 5.41) is 0.724. The Bertz CT molecular complexity index is 828. The molecule has 9 nitrogen and oxygen atoms in total. The van der Waals surface area contributed by atoms with E-state index in [1.807, 2.05) is 0 Å². The summed E-state index contributed by atoms with van der Waals surface area (Å²) in [6, 6.07) is 1.41. The lowest BCUT2D eigenvalue weighted by molar-refractivity contribution is 0.824. The minimum Gasteiger partial charge on any atom is -0.368 e. The molecule has 3 N–H and O–H groups in total. The third-order valence-electron chi connectivity index (χ3n) is 2.39. The van der Waals surface area contributed by atoms with Crippen LogP contribution < -0.4 is 11.3 Å². The van der Waals surface area contributed by atoms with Gasteiger partial charge in [-0.25, -0.2) is 9.97 Å². The monoisotopic (exact) mass is 302 g/mol. The van der Waals surface area contributed by atoms with Crippen LogP contribution in [0.4, 0.5) is 5.95 Å². The summed E-state index contributed by atoms with van der Waals surface area (Å²) in [4.78, 5) is 34.4. The predicted octanol–water partition coefficient (Wildman–Crippen LogP) is 0.182. The molecular weight excluding hydrogens is 292 g/mol. The first-order valence-electron chi connectivity index (χ1n) is 5.86. The second kappa shape index (κ2) is 5.32. The first-order valence-corrected chi connectivity index (χ1v) is 6.67. The summed E-state index contributed by atoms with van der Waals surface area (Å²) >= 11 is 1.10. The van der Waals surface area contributed by atoms with Gasteiger partial charge in [0.1, 0.15) is 6.33 Å². The fraction of sp³-hybridized carbons (Fsp3) is 0.0909. The van der Waals surface area contributed by atoms with Crippen LogP contribution in [0.3, 0.4) is 0 Å². The second-order valence-corrected chi connectivity index (χ2v) is 5.00. The van der Waals surface area contributed by atoms with Crippen molar-refractivity contribution in [2.45, 2.75) is 17.2 Å². The lowest BCUT2D eigenvalue weighted by Gasteiger charge is -2.04. The van der Waals surface area contributed by atoms with Gasteiger partial charge in [-0.1, -0.05) is 0 Å². The molecule has 0 aliphatic heterocycles. The predicted molar refractivity (Wildman–Crippen MR) is 75.1 cm³/mol. The van der Waals surface area contributed by atoms with Crippen molar-refractivity contribution in [3.05, 3.63) is 40.8 Å². The molecule has 0 spiro atoms. The van der Waals surface area contributed by atoms with E-state index in [0.717, 1.165) is 11.8 Å². The molecule has 0 fully saturated rings. The van der Waals surface area contributed by atoms with E-state index in [0.29, 0.717) is 22.0 Å². The maximum atomic E-state index is 11.4. The van der Waals surface area contributed by atoms with E-state index in [4.69, 9.17) is 5.73 Å². The molecule has 106 valence electrons. The van der Waals surface area contributed by atoms with E-state index in [1.54, 1.807) is 30.2 Å². The minimum absolute atomic E-state index is 0.0752. The number of nitrogens with two attached hydrogens (primary N) is 1. The lowest BCUT2D eigenvalue weighted by atomic mass is 10.5. The summed E-state index contributed by atoms with van der Waals surface area (Å²) in [5.74, 6) is 0.420. The average molecular weight is 302 g/mol. The van der Waals surface area contributed by atoms with Crippen molar-refractivity contribution in [2.75, 3.05) is 5.73 Å². The van der Waals surface area contributed by atoms with Crippen LogP contribution in [-0.4, -0.2) is 34.5 Å². The van der Waals surface area contributed by atoms with E-state index in [-0.39, 0.29) is 11.5 Å². The van der Waals surface area contributed by atoms with Crippen LogP contribution >= 0.6 is 11.8 Å². The summed E-state index contributed by atoms with van der Waals surface area (Å²) < 4.78 is 1.61. The molecular formula is C11H10N8OS. The van der Waals surface area contributed by atoms with Gasteiger partial charge in [0.05, 0.1) is 0 Å². The number of nitrogens with zero attached hydrogens (tertiary/aromatic N) is 6. The van der Waals surface area contributed by atoms with Crippen molar-refractivity contribution >= 4 is 17.7 Å². The van der Waals surface area contributed by atoms with E-state index >= 15 is 0 Å². The molecule has 0 bridgehead atoms. The molecule has 3 aromatic rings. The van der Waals surface area contributed by atoms with Gasteiger partial charge in [-0.2, -0.15) is 15.0 Å². The fourth-order valence-corrected chi connectivity index (χ4v) is 2.37. The zero-order chi connectivity index (χ0) is 14.8. The molecule has 21 heavy (non-hydrogen) atoms. The molecule has 10 heteroatoms. The highest BCUT2D eigenvalue weighted by Gasteiger charge is 2.09. The molecule has 0 saturated heterocycles. The highest BCUT2D eigenvalue weighted by Crippen LogP contribution is 2.21. The highest BCUT2D eigenvalue weighted by atomic mass is 32.2. The number of aryl methyl sites for hydroxylation is 1. The molecule has 0 aromatic carbocycles. The van der Waals surface area contributed by atoms with Crippen LogP contribution in [0.2, 0.25) is 0 Å². The van der Waals surface area contributed by atoms with Gasteiger partial charge in [-0.3, -0.25) is 9.36 Å². The number of imidazole rings is 1. The van der Waals surface area contributed by atoms with E-state index in [1.165, 1.54) is 6.07 Å². The van der Waals surface area contributed by atoms with E-state index in [9.17, 15) is 4.79 Å². The second-order valence-electron chi connectivity index (χ2n) is 4.04. The van der Waals surface area contributed by atoms with Crippen LogP contribution in [0.15, 0.2) is 39.9 Å². The third-order valence-corrected chi connectivity index (χ3v) is 3.14. The quantitative estimate of drug-likeness (QED) is 0.656. The topological polar surface area (TPSA) is 128 Å². The number of hydrogen-bond acceptors (Lipinski definition) is 8. The molecule has 0 unspecified atom stereocenters. The van der Waals surface area contributed by atoms with Crippen molar-refractivity contribution in [1.82, 2.24) is 34.5 Å². The zero-order valence-corrected chi connectivity index (χ0v) is 11.7. The van der Waals surface area contributed by atoms with Crippen molar-refractivity contribution in [3.63, 3.8) is 0 Å². The van der Waals surface area contributed by atoms with Crippen LogP contribution in [0.1, 0.15) is 5.69 Å². The van der Waals surface area contributed by atoms with Crippen LogP contribution in [0, 0.1) is 6.92 Å². The smallest absolute Gasteiger partial charge is 0.251 e. The number of nitrogen functional groups attached to an aromatic ring is 1. The Morgan fingerprint density at radius 2 is 2.14 bits per heavy atom. The van der Waals surface area contributed by atoms with Crippen molar-refractivity contribution in [1.29, 1.82) is 0 Å². The molecule has 3 rings (SSSR count). The minimum atomic E-state index is -0.234. The Kier molecular flexibility index (Phi) is 3.36. The van der Waals surface area contributed by atoms with E-state index in [2.05, 4.69) is 29.9 Å².